The van der Waals surface area contributed by atoms with Gasteiger partial charge in [0, 0.05) is 17.3 Å². The molecule has 0 fully saturated rings. The standard InChI is InChI=1S/C14H11F2N3S/c1-8-2-5-12-13(17-8)19(14(20)18-12)7-9-3-4-10(15)6-11(9)16/h2-6H,7H2,1H3,(H,18,20). The Labute approximate surface area is 118 Å². The maximum absolute atomic E-state index is 13.7. The average molecular weight is 291 g/mol. The van der Waals surface area contributed by atoms with Gasteiger partial charge in [-0.05, 0) is 37.3 Å². The second kappa shape index (κ2) is 4.79. The molecule has 0 saturated carbocycles. The number of halogens is 2. The summed E-state index contributed by atoms with van der Waals surface area (Å²) in [6.07, 6.45) is 0. The molecule has 3 aromatic rings. The Morgan fingerprint density at radius 3 is 2.80 bits per heavy atom. The monoisotopic (exact) mass is 291 g/mol. The van der Waals surface area contributed by atoms with Gasteiger partial charge < -0.3 is 4.98 Å². The summed E-state index contributed by atoms with van der Waals surface area (Å²) in [6, 6.07) is 7.27. The van der Waals surface area contributed by atoms with Crippen LogP contribution in [0.3, 0.4) is 0 Å². The molecular formula is C14H11F2N3S. The summed E-state index contributed by atoms with van der Waals surface area (Å²) in [5, 5.41) is 0. The van der Waals surface area contributed by atoms with E-state index in [0.717, 1.165) is 17.3 Å². The number of aromatic amines is 1. The van der Waals surface area contributed by atoms with E-state index in [1.54, 1.807) is 4.57 Å². The summed E-state index contributed by atoms with van der Waals surface area (Å²) in [5.41, 5.74) is 2.67. The van der Waals surface area contributed by atoms with Crippen molar-refractivity contribution in [2.24, 2.45) is 0 Å². The van der Waals surface area contributed by atoms with Crippen LogP contribution in [0.2, 0.25) is 0 Å². The predicted octanol–water partition coefficient (Wildman–Crippen LogP) is 3.73. The van der Waals surface area contributed by atoms with E-state index < -0.39 is 11.6 Å². The molecule has 0 radical (unpaired) electrons. The minimum absolute atomic E-state index is 0.210. The van der Waals surface area contributed by atoms with E-state index in [9.17, 15) is 8.78 Å². The number of fused-ring (bicyclic) bond motifs is 1. The number of hydrogen-bond acceptors (Lipinski definition) is 2. The third-order valence-electron chi connectivity index (χ3n) is 3.10. The van der Waals surface area contributed by atoms with Gasteiger partial charge in [0.15, 0.2) is 10.4 Å². The Balaban J connectivity index is 2.12. The van der Waals surface area contributed by atoms with Crippen LogP contribution in [0.25, 0.3) is 11.2 Å². The van der Waals surface area contributed by atoms with Gasteiger partial charge in [0.25, 0.3) is 0 Å². The molecule has 1 aromatic carbocycles. The molecule has 0 unspecified atom stereocenters. The zero-order chi connectivity index (χ0) is 14.3. The average Bonchev–Trinajstić information content (AvgIpc) is 2.69. The smallest absolute Gasteiger partial charge is 0.179 e. The fraction of sp³-hybridized carbons (Fsp3) is 0.143. The number of pyridine rings is 1. The van der Waals surface area contributed by atoms with Crippen LogP contribution in [0.4, 0.5) is 8.78 Å². The summed E-state index contributed by atoms with van der Waals surface area (Å²) < 4.78 is 28.8. The Morgan fingerprint density at radius 2 is 2.05 bits per heavy atom. The molecule has 0 aliphatic rings. The topological polar surface area (TPSA) is 33.6 Å². The van der Waals surface area contributed by atoms with Crippen molar-refractivity contribution in [3.63, 3.8) is 0 Å². The maximum Gasteiger partial charge on any atom is 0.179 e. The Kier molecular flexibility index (Phi) is 3.10. The quantitative estimate of drug-likeness (QED) is 0.730. The molecule has 0 amide bonds. The van der Waals surface area contributed by atoms with E-state index in [1.807, 2.05) is 19.1 Å². The van der Waals surface area contributed by atoms with Gasteiger partial charge in [0.2, 0.25) is 0 Å². The van der Waals surface area contributed by atoms with Gasteiger partial charge in [0.05, 0.1) is 12.1 Å². The van der Waals surface area contributed by atoms with E-state index >= 15 is 0 Å². The molecule has 102 valence electrons. The second-order valence-electron chi connectivity index (χ2n) is 4.58. The number of aromatic nitrogens is 3. The molecule has 0 atom stereocenters. The fourth-order valence-electron chi connectivity index (χ4n) is 2.09. The summed E-state index contributed by atoms with van der Waals surface area (Å²) in [4.78, 5) is 7.43. The van der Waals surface area contributed by atoms with Crippen molar-refractivity contribution < 1.29 is 8.78 Å². The van der Waals surface area contributed by atoms with Gasteiger partial charge in [-0.3, -0.25) is 4.57 Å². The zero-order valence-corrected chi connectivity index (χ0v) is 11.5. The van der Waals surface area contributed by atoms with Gasteiger partial charge >= 0.3 is 0 Å². The molecule has 0 aliphatic heterocycles. The van der Waals surface area contributed by atoms with Gasteiger partial charge in [-0.2, -0.15) is 0 Å². The minimum atomic E-state index is -0.595. The number of nitrogens with zero attached hydrogens (tertiary/aromatic N) is 2. The normalized spacial score (nSPS) is 11.2. The molecule has 3 rings (SSSR count). The van der Waals surface area contributed by atoms with Crippen LogP contribution >= 0.6 is 12.2 Å². The van der Waals surface area contributed by atoms with Crippen LogP contribution in [0.5, 0.6) is 0 Å². The first-order chi connectivity index (χ1) is 9.54. The number of H-pyrrole nitrogens is 1. The second-order valence-corrected chi connectivity index (χ2v) is 4.96. The van der Waals surface area contributed by atoms with Crippen LogP contribution in [0.1, 0.15) is 11.3 Å². The summed E-state index contributed by atoms with van der Waals surface area (Å²) in [7, 11) is 0. The van der Waals surface area contributed by atoms with Crippen molar-refractivity contribution in [1.82, 2.24) is 14.5 Å². The first kappa shape index (κ1) is 12.9. The maximum atomic E-state index is 13.7. The van der Waals surface area contributed by atoms with E-state index in [4.69, 9.17) is 12.2 Å². The predicted molar refractivity (Wildman–Crippen MR) is 75.1 cm³/mol. The van der Waals surface area contributed by atoms with Gasteiger partial charge in [-0.25, -0.2) is 13.8 Å². The lowest BCUT2D eigenvalue weighted by atomic mass is 10.2. The van der Waals surface area contributed by atoms with Crippen molar-refractivity contribution in [2.45, 2.75) is 13.5 Å². The number of hydrogen-bond donors (Lipinski definition) is 1. The summed E-state index contributed by atoms with van der Waals surface area (Å²) >= 11 is 5.24. The van der Waals surface area contributed by atoms with E-state index in [2.05, 4.69) is 9.97 Å². The van der Waals surface area contributed by atoms with Crippen LogP contribution in [-0.4, -0.2) is 14.5 Å². The molecule has 3 nitrogen and oxygen atoms in total. The van der Waals surface area contributed by atoms with Gasteiger partial charge in [-0.15, -0.1) is 0 Å². The number of rotatable bonds is 2. The minimum Gasteiger partial charge on any atom is -0.329 e. The highest BCUT2D eigenvalue weighted by molar-refractivity contribution is 7.71. The molecule has 2 aromatic heterocycles. The fourth-order valence-corrected chi connectivity index (χ4v) is 2.35. The first-order valence-corrected chi connectivity index (χ1v) is 6.45. The van der Waals surface area contributed by atoms with Crippen molar-refractivity contribution in [1.29, 1.82) is 0 Å². The molecular weight excluding hydrogens is 280 g/mol. The third-order valence-corrected chi connectivity index (χ3v) is 3.42. The summed E-state index contributed by atoms with van der Waals surface area (Å²) in [6.45, 7) is 2.08. The van der Waals surface area contributed by atoms with Crippen molar-refractivity contribution in [3.05, 3.63) is 58.0 Å². The van der Waals surface area contributed by atoms with Crippen molar-refractivity contribution in [2.75, 3.05) is 0 Å². The molecule has 0 aliphatic carbocycles. The molecule has 1 N–H and O–H groups in total. The lowest BCUT2D eigenvalue weighted by Gasteiger charge is -2.06. The Hall–Kier alpha value is -2.08. The molecule has 20 heavy (non-hydrogen) atoms. The van der Waals surface area contributed by atoms with Crippen molar-refractivity contribution in [3.8, 4) is 0 Å². The Morgan fingerprint density at radius 1 is 1.25 bits per heavy atom. The molecule has 0 spiro atoms. The van der Waals surface area contributed by atoms with E-state index in [0.29, 0.717) is 16.0 Å². The van der Waals surface area contributed by atoms with Crippen LogP contribution in [-0.2, 0) is 6.54 Å². The highest BCUT2D eigenvalue weighted by Gasteiger charge is 2.10. The number of benzene rings is 1. The number of imidazole rings is 1. The van der Waals surface area contributed by atoms with E-state index in [-0.39, 0.29) is 6.54 Å². The lowest BCUT2D eigenvalue weighted by Crippen LogP contribution is -2.03. The number of nitrogens with one attached hydrogen (secondary N) is 1. The molecule has 0 bridgehead atoms. The van der Waals surface area contributed by atoms with Gasteiger partial charge in [-0.1, -0.05) is 6.07 Å². The lowest BCUT2D eigenvalue weighted by molar-refractivity contribution is 0.566. The zero-order valence-electron chi connectivity index (χ0n) is 10.7. The first-order valence-electron chi connectivity index (χ1n) is 6.05. The van der Waals surface area contributed by atoms with Crippen LogP contribution in [0.15, 0.2) is 30.3 Å². The highest BCUT2D eigenvalue weighted by atomic mass is 32.1. The van der Waals surface area contributed by atoms with Gasteiger partial charge in [0.1, 0.15) is 11.6 Å². The molecule has 6 heteroatoms. The highest BCUT2D eigenvalue weighted by Crippen LogP contribution is 2.17. The molecule has 2 heterocycles. The third kappa shape index (κ3) is 2.22. The van der Waals surface area contributed by atoms with Crippen LogP contribution < -0.4 is 0 Å². The molecule has 0 saturated heterocycles. The number of aryl methyl sites for hydroxylation is 1. The van der Waals surface area contributed by atoms with Crippen LogP contribution in [0, 0.1) is 23.3 Å². The Bertz CT molecular complexity index is 851. The summed E-state index contributed by atoms with van der Waals surface area (Å²) in [5.74, 6) is -1.18. The SMILES string of the molecule is Cc1ccc2[nH]c(=S)n(Cc3ccc(F)cc3F)c2n1. The van der Waals surface area contributed by atoms with Crippen molar-refractivity contribution >= 4 is 23.4 Å². The largest absolute Gasteiger partial charge is 0.329 e. The van der Waals surface area contributed by atoms with E-state index in [1.165, 1.54) is 12.1 Å².